The van der Waals surface area contributed by atoms with E-state index in [1.807, 2.05) is 12.1 Å². The summed E-state index contributed by atoms with van der Waals surface area (Å²) in [6.07, 6.45) is 2.22. The molecule has 1 N–H and O–H groups in total. The quantitative estimate of drug-likeness (QED) is 0.664. The third kappa shape index (κ3) is 3.77. The fraction of sp³-hybridized carbons (Fsp3) is 0.600. The highest BCUT2D eigenvalue weighted by molar-refractivity contribution is 5.39. The first-order valence-electron chi connectivity index (χ1n) is 7.27. The largest absolute Gasteiger partial charge is 0.310 e. The summed E-state index contributed by atoms with van der Waals surface area (Å²) in [5.41, 5.74) is 0.975. The van der Waals surface area contributed by atoms with Crippen LogP contribution >= 0.6 is 0 Å². The zero-order valence-electron chi connectivity index (χ0n) is 12.2. The number of benzene rings is 1. The third-order valence-electron chi connectivity index (χ3n) is 4.03. The summed E-state index contributed by atoms with van der Waals surface area (Å²) in [5, 5.41) is 14.4. The van der Waals surface area contributed by atoms with Gasteiger partial charge in [0.1, 0.15) is 0 Å². The topological polar surface area (TPSA) is 58.4 Å². The lowest BCUT2D eigenvalue weighted by Gasteiger charge is -2.35. The predicted molar refractivity (Wildman–Crippen MR) is 79.7 cm³/mol. The van der Waals surface area contributed by atoms with Crippen LogP contribution in [0, 0.1) is 10.1 Å². The Morgan fingerprint density at radius 1 is 1.35 bits per heavy atom. The molecule has 0 unspecified atom stereocenters. The number of piperidine rings is 1. The Morgan fingerprint density at radius 2 is 2.00 bits per heavy atom. The van der Waals surface area contributed by atoms with Crippen molar-refractivity contribution in [3.63, 3.8) is 0 Å². The van der Waals surface area contributed by atoms with Crippen LogP contribution in [0.25, 0.3) is 0 Å². The van der Waals surface area contributed by atoms with Gasteiger partial charge in [-0.3, -0.25) is 10.1 Å². The van der Waals surface area contributed by atoms with Crippen molar-refractivity contribution < 1.29 is 4.92 Å². The highest BCUT2D eigenvalue weighted by Crippen LogP contribution is 2.19. The highest BCUT2D eigenvalue weighted by atomic mass is 16.6. The van der Waals surface area contributed by atoms with Gasteiger partial charge in [-0.25, -0.2) is 0 Å². The minimum absolute atomic E-state index is 0.208. The second-order valence-corrected chi connectivity index (χ2v) is 5.67. The van der Waals surface area contributed by atoms with Gasteiger partial charge < -0.3 is 10.2 Å². The van der Waals surface area contributed by atoms with Gasteiger partial charge in [-0.15, -0.1) is 0 Å². The Bertz CT molecular complexity index is 454. The molecule has 0 bridgehead atoms. The van der Waals surface area contributed by atoms with Crippen molar-refractivity contribution >= 4 is 5.69 Å². The molecule has 1 aliphatic heterocycles. The van der Waals surface area contributed by atoms with Crippen molar-refractivity contribution in [2.24, 2.45) is 0 Å². The maximum absolute atomic E-state index is 11.0. The molecule has 5 heteroatoms. The van der Waals surface area contributed by atoms with E-state index < -0.39 is 0 Å². The average Bonchev–Trinajstić information content (AvgIpc) is 2.45. The SMILES string of the molecule is CC(C)N1CCC(NCc2ccccc2[N+](=O)[O-])CC1. The smallest absolute Gasteiger partial charge is 0.273 e. The number of rotatable bonds is 5. The Balaban J connectivity index is 1.86. The summed E-state index contributed by atoms with van der Waals surface area (Å²) in [6, 6.07) is 8.02. The van der Waals surface area contributed by atoms with Gasteiger partial charge in [0, 0.05) is 30.3 Å². The van der Waals surface area contributed by atoms with Gasteiger partial charge >= 0.3 is 0 Å². The lowest BCUT2D eigenvalue weighted by Crippen LogP contribution is -2.44. The zero-order valence-corrected chi connectivity index (χ0v) is 12.2. The van der Waals surface area contributed by atoms with E-state index in [0.717, 1.165) is 31.5 Å². The van der Waals surface area contributed by atoms with Gasteiger partial charge in [0.2, 0.25) is 0 Å². The van der Waals surface area contributed by atoms with Crippen LogP contribution in [0.5, 0.6) is 0 Å². The number of para-hydroxylation sites is 1. The maximum Gasteiger partial charge on any atom is 0.273 e. The Labute approximate surface area is 120 Å². The van der Waals surface area contributed by atoms with Crippen LogP contribution in [0.4, 0.5) is 5.69 Å². The number of nitrogens with one attached hydrogen (secondary N) is 1. The molecule has 5 nitrogen and oxygen atoms in total. The molecule has 0 saturated carbocycles. The van der Waals surface area contributed by atoms with Crippen LogP contribution in [0.3, 0.4) is 0 Å². The second kappa shape index (κ2) is 6.81. The Hall–Kier alpha value is -1.46. The van der Waals surface area contributed by atoms with E-state index in [9.17, 15) is 10.1 Å². The molecule has 110 valence electrons. The lowest BCUT2D eigenvalue weighted by molar-refractivity contribution is -0.385. The molecule has 1 aromatic carbocycles. The standard InChI is InChI=1S/C15H23N3O2/c1-12(2)17-9-7-14(8-10-17)16-11-13-5-3-4-6-15(13)18(19)20/h3-6,12,14,16H,7-11H2,1-2H3. The van der Waals surface area contributed by atoms with Crippen molar-refractivity contribution in [1.29, 1.82) is 0 Å². The van der Waals surface area contributed by atoms with Crippen molar-refractivity contribution in [2.75, 3.05) is 13.1 Å². The molecular formula is C15H23N3O2. The number of nitrogens with zero attached hydrogens (tertiary/aromatic N) is 2. The van der Waals surface area contributed by atoms with Crippen LogP contribution in [0.2, 0.25) is 0 Å². The van der Waals surface area contributed by atoms with Crippen LogP contribution < -0.4 is 5.32 Å². The van der Waals surface area contributed by atoms with Gasteiger partial charge in [-0.2, -0.15) is 0 Å². The van der Waals surface area contributed by atoms with Gasteiger partial charge in [-0.1, -0.05) is 18.2 Å². The Morgan fingerprint density at radius 3 is 2.60 bits per heavy atom. The number of likely N-dealkylation sites (tertiary alicyclic amines) is 1. The summed E-state index contributed by atoms with van der Waals surface area (Å²) in [4.78, 5) is 13.1. The van der Waals surface area contributed by atoms with E-state index in [-0.39, 0.29) is 10.6 Å². The van der Waals surface area contributed by atoms with Crippen LogP contribution in [0.1, 0.15) is 32.3 Å². The monoisotopic (exact) mass is 277 g/mol. The summed E-state index contributed by atoms with van der Waals surface area (Å²) < 4.78 is 0. The molecule has 1 saturated heterocycles. The molecule has 20 heavy (non-hydrogen) atoms. The number of nitro groups is 1. The van der Waals surface area contributed by atoms with Gasteiger partial charge in [0.15, 0.2) is 0 Å². The van der Waals surface area contributed by atoms with Gasteiger partial charge in [-0.05, 0) is 39.8 Å². The van der Waals surface area contributed by atoms with Gasteiger partial charge in [0.05, 0.1) is 4.92 Å². The van der Waals surface area contributed by atoms with Crippen LogP contribution in [0.15, 0.2) is 24.3 Å². The molecule has 2 rings (SSSR count). The first kappa shape index (κ1) is 14.9. The van der Waals surface area contributed by atoms with Crippen molar-refractivity contribution in [3.8, 4) is 0 Å². The van der Waals surface area contributed by atoms with E-state index in [4.69, 9.17) is 0 Å². The fourth-order valence-electron chi connectivity index (χ4n) is 2.71. The minimum atomic E-state index is -0.307. The number of hydrogen-bond acceptors (Lipinski definition) is 4. The molecular weight excluding hydrogens is 254 g/mol. The molecule has 0 spiro atoms. The molecule has 1 fully saturated rings. The first-order valence-corrected chi connectivity index (χ1v) is 7.27. The number of nitro benzene ring substituents is 1. The Kier molecular flexibility index (Phi) is 5.09. The first-order chi connectivity index (χ1) is 9.58. The van der Waals surface area contributed by atoms with Crippen molar-refractivity contribution in [1.82, 2.24) is 10.2 Å². The normalized spacial score (nSPS) is 17.6. The minimum Gasteiger partial charge on any atom is -0.310 e. The fourth-order valence-corrected chi connectivity index (χ4v) is 2.71. The second-order valence-electron chi connectivity index (χ2n) is 5.67. The van der Waals surface area contributed by atoms with E-state index in [0.29, 0.717) is 18.6 Å². The van der Waals surface area contributed by atoms with E-state index in [2.05, 4.69) is 24.1 Å². The molecule has 0 radical (unpaired) electrons. The average molecular weight is 277 g/mol. The molecule has 0 aromatic heterocycles. The molecule has 1 aliphatic rings. The van der Waals surface area contributed by atoms with Crippen LogP contribution in [-0.2, 0) is 6.54 Å². The summed E-state index contributed by atoms with van der Waals surface area (Å²) >= 11 is 0. The molecule has 1 heterocycles. The molecule has 0 amide bonds. The van der Waals surface area contributed by atoms with Gasteiger partial charge in [0.25, 0.3) is 5.69 Å². The summed E-state index contributed by atoms with van der Waals surface area (Å²) in [5.74, 6) is 0. The van der Waals surface area contributed by atoms with Crippen molar-refractivity contribution in [2.45, 2.75) is 45.3 Å². The van der Waals surface area contributed by atoms with E-state index in [1.54, 1.807) is 12.1 Å². The highest BCUT2D eigenvalue weighted by Gasteiger charge is 2.21. The van der Waals surface area contributed by atoms with E-state index >= 15 is 0 Å². The molecule has 0 aliphatic carbocycles. The zero-order chi connectivity index (χ0) is 14.5. The molecule has 0 atom stereocenters. The predicted octanol–water partition coefficient (Wildman–Crippen LogP) is 2.56. The number of hydrogen-bond donors (Lipinski definition) is 1. The van der Waals surface area contributed by atoms with Crippen LogP contribution in [-0.4, -0.2) is 35.0 Å². The lowest BCUT2D eigenvalue weighted by atomic mass is 10.0. The van der Waals surface area contributed by atoms with E-state index in [1.165, 1.54) is 0 Å². The summed E-state index contributed by atoms with van der Waals surface area (Å²) in [6.45, 7) is 7.23. The summed E-state index contributed by atoms with van der Waals surface area (Å²) in [7, 11) is 0. The third-order valence-corrected chi connectivity index (χ3v) is 4.03. The maximum atomic E-state index is 11.0. The molecule has 1 aromatic rings. The van der Waals surface area contributed by atoms with Crippen molar-refractivity contribution in [3.05, 3.63) is 39.9 Å².